The highest BCUT2D eigenvalue weighted by Gasteiger charge is 2.11. The molecular formula is C30H21BrClFN2O3. The van der Waals surface area contributed by atoms with Crippen LogP contribution in [0.2, 0.25) is 5.02 Å². The topological polar surface area (TPSA) is 71.3 Å². The van der Waals surface area contributed by atoms with Crippen LogP contribution < -0.4 is 14.8 Å². The van der Waals surface area contributed by atoms with Crippen molar-refractivity contribution in [1.82, 2.24) is 0 Å². The molecule has 0 aliphatic carbocycles. The van der Waals surface area contributed by atoms with Crippen molar-refractivity contribution in [2.24, 2.45) is 0 Å². The van der Waals surface area contributed by atoms with Gasteiger partial charge in [-0.2, -0.15) is 5.26 Å². The van der Waals surface area contributed by atoms with Crippen molar-refractivity contribution in [2.75, 3.05) is 5.32 Å². The number of nitrogens with zero attached hydrogens (tertiary/aromatic N) is 1. The minimum atomic E-state index is -0.537. The Balaban J connectivity index is 1.35. The van der Waals surface area contributed by atoms with Crippen LogP contribution in [0.3, 0.4) is 0 Å². The number of benzene rings is 4. The molecule has 4 aromatic rings. The van der Waals surface area contributed by atoms with Gasteiger partial charge in [0.05, 0.1) is 4.47 Å². The van der Waals surface area contributed by atoms with Crippen molar-refractivity contribution in [1.29, 1.82) is 5.26 Å². The van der Waals surface area contributed by atoms with Crippen LogP contribution in [0.25, 0.3) is 6.08 Å². The molecule has 8 heteroatoms. The van der Waals surface area contributed by atoms with E-state index < -0.39 is 5.91 Å². The molecule has 0 bridgehead atoms. The molecule has 0 aromatic heterocycles. The summed E-state index contributed by atoms with van der Waals surface area (Å²) in [7, 11) is 0. The first-order valence-electron chi connectivity index (χ1n) is 11.5. The van der Waals surface area contributed by atoms with Gasteiger partial charge in [-0.1, -0.05) is 48.0 Å². The lowest BCUT2D eigenvalue weighted by Crippen LogP contribution is -2.13. The Bertz CT molecular complexity index is 1500. The zero-order chi connectivity index (χ0) is 26.9. The van der Waals surface area contributed by atoms with Crippen molar-refractivity contribution >= 4 is 45.2 Å². The number of rotatable bonds is 9. The van der Waals surface area contributed by atoms with Gasteiger partial charge in [-0.3, -0.25) is 4.79 Å². The normalized spacial score (nSPS) is 10.9. The van der Waals surface area contributed by atoms with Gasteiger partial charge in [-0.15, -0.1) is 0 Å². The maximum Gasteiger partial charge on any atom is 0.266 e. The number of hydrogen-bond acceptors (Lipinski definition) is 4. The van der Waals surface area contributed by atoms with E-state index in [1.54, 1.807) is 60.7 Å². The fourth-order valence-electron chi connectivity index (χ4n) is 3.39. The van der Waals surface area contributed by atoms with Gasteiger partial charge in [-0.25, -0.2) is 4.39 Å². The molecule has 0 aliphatic heterocycles. The van der Waals surface area contributed by atoms with E-state index in [-0.39, 0.29) is 18.0 Å². The maximum absolute atomic E-state index is 13.1. The number of carbonyl (C=O) groups excluding carboxylic acids is 1. The van der Waals surface area contributed by atoms with E-state index in [4.69, 9.17) is 21.1 Å². The highest BCUT2D eigenvalue weighted by Crippen LogP contribution is 2.28. The molecule has 0 unspecified atom stereocenters. The average molecular weight is 592 g/mol. The van der Waals surface area contributed by atoms with Gasteiger partial charge in [0.1, 0.15) is 42.2 Å². The molecule has 190 valence electrons. The number of ether oxygens (including phenoxy) is 2. The summed E-state index contributed by atoms with van der Waals surface area (Å²) in [5.74, 6) is 0.348. The average Bonchev–Trinajstić information content (AvgIpc) is 2.92. The number of halogens is 3. The van der Waals surface area contributed by atoms with Crippen LogP contribution in [0, 0.1) is 17.1 Å². The first-order valence-corrected chi connectivity index (χ1v) is 12.6. The van der Waals surface area contributed by atoms with E-state index in [2.05, 4.69) is 21.2 Å². The zero-order valence-corrected chi connectivity index (χ0v) is 22.3. The molecule has 0 radical (unpaired) electrons. The van der Waals surface area contributed by atoms with Gasteiger partial charge in [0.15, 0.2) is 0 Å². The second kappa shape index (κ2) is 12.9. The van der Waals surface area contributed by atoms with Crippen LogP contribution in [0.4, 0.5) is 10.1 Å². The molecule has 0 spiro atoms. The summed E-state index contributed by atoms with van der Waals surface area (Å²) < 4.78 is 25.3. The van der Waals surface area contributed by atoms with Crippen LogP contribution in [-0.2, 0) is 18.0 Å². The van der Waals surface area contributed by atoms with E-state index in [1.807, 2.05) is 24.3 Å². The number of carbonyl (C=O) groups is 1. The Hall–Kier alpha value is -4.12. The Kier molecular flexibility index (Phi) is 9.15. The van der Waals surface area contributed by atoms with Crippen molar-refractivity contribution in [3.63, 3.8) is 0 Å². The summed E-state index contributed by atoms with van der Waals surface area (Å²) >= 11 is 9.61. The van der Waals surface area contributed by atoms with E-state index >= 15 is 0 Å². The van der Waals surface area contributed by atoms with Gasteiger partial charge >= 0.3 is 0 Å². The summed E-state index contributed by atoms with van der Waals surface area (Å²) in [6.07, 6.45) is 1.49. The maximum atomic E-state index is 13.1. The van der Waals surface area contributed by atoms with Crippen molar-refractivity contribution < 1.29 is 18.7 Å². The molecule has 0 atom stereocenters. The molecule has 0 saturated carbocycles. The predicted octanol–water partition coefficient (Wildman–Crippen LogP) is 7.95. The molecule has 4 rings (SSSR count). The summed E-state index contributed by atoms with van der Waals surface area (Å²) in [6.45, 7) is 0.585. The Morgan fingerprint density at radius 2 is 1.71 bits per heavy atom. The smallest absolute Gasteiger partial charge is 0.266 e. The summed E-state index contributed by atoms with van der Waals surface area (Å²) in [6, 6.07) is 27.5. The van der Waals surface area contributed by atoms with Gasteiger partial charge in [0.25, 0.3) is 5.91 Å². The van der Waals surface area contributed by atoms with Gasteiger partial charge in [0.2, 0.25) is 0 Å². The van der Waals surface area contributed by atoms with Crippen LogP contribution in [0.5, 0.6) is 11.5 Å². The molecule has 0 heterocycles. The Morgan fingerprint density at radius 1 is 0.974 bits per heavy atom. The van der Waals surface area contributed by atoms with Crippen LogP contribution in [0.15, 0.2) is 101 Å². The molecule has 38 heavy (non-hydrogen) atoms. The largest absolute Gasteiger partial charge is 0.489 e. The molecule has 0 fully saturated rings. The molecular weight excluding hydrogens is 571 g/mol. The number of nitriles is 1. The molecule has 0 aliphatic rings. The Morgan fingerprint density at radius 3 is 2.39 bits per heavy atom. The van der Waals surface area contributed by atoms with Gasteiger partial charge in [0, 0.05) is 16.3 Å². The SMILES string of the molecule is N#C/C(=C\c1ccc(OCc2ccc(F)cc2)c(Br)c1)C(=O)Nc1ccc(OCc2ccccc2Cl)cc1. The van der Waals surface area contributed by atoms with E-state index in [1.165, 1.54) is 18.2 Å². The van der Waals surface area contributed by atoms with E-state index in [0.29, 0.717) is 38.9 Å². The van der Waals surface area contributed by atoms with Crippen molar-refractivity contribution in [2.45, 2.75) is 13.2 Å². The molecule has 0 saturated heterocycles. The minimum Gasteiger partial charge on any atom is -0.489 e. The summed E-state index contributed by atoms with van der Waals surface area (Å²) in [4.78, 5) is 12.7. The third-order valence-electron chi connectivity index (χ3n) is 5.40. The Labute approximate surface area is 233 Å². The quantitative estimate of drug-likeness (QED) is 0.158. The number of nitrogens with one attached hydrogen (secondary N) is 1. The fraction of sp³-hybridized carbons (Fsp3) is 0.0667. The van der Waals surface area contributed by atoms with Gasteiger partial charge < -0.3 is 14.8 Å². The molecule has 1 amide bonds. The summed E-state index contributed by atoms with van der Waals surface area (Å²) in [5.41, 5.74) is 2.80. The van der Waals surface area contributed by atoms with Gasteiger partial charge in [-0.05, 0) is 87.7 Å². The van der Waals surface area contributed by atoms with Crippen molar-refractivity contribution in [3.8, 4) is 17.6 Å². The lowest BCUT2D eigenvalue weighted by Gasteiger charge is -2.10. The molecule has 1 N–H and O–H groups in total. The lowest BCUT2D eigenvalue weighted by molar-refractivity contribution is -0.112. The predicted molar refractivity (Wildman–Crippen MR) is 149 cm³/mol. The fourth-order valence-corrected chi connectivity index (χ4v) is 4.09. The standard InChI is InChI=1S/C30H21BrClFN2O3/c31-27-16-21(7-14-29(27)38-18-20-5-8-24(33)9-6-20)15-23(17-34)30(36)35-25-10-12-26(13-11-25)37-19-22-3-1-2-4-28(22)32/h1-16H,18-19H2,(H,35,36)/b23-15+. The lowest BCUT2D eigenvalue weighted by atomic mass is 10.1. The first kappa shape index (κ1) is 26.9. The van der Waals surface area contributed by atoms with E-state index in [0.717, 1.165) is 11.1 Å². The monoisotopic (exact) mass is 590 g/mol. The highest BCUT2D eigenvalue weighted by molar-refractivity contribution is 9.10. The van der Waals surface area contributed by atoms with E-state index in [9.17, 15) is 14.4 Å². The zero-order valence-electron chi connectivity index (χ0n) is 20.0. The minimum absolute atomic E-state index is 0.0593. The van der Waals surface area contributed by atoms with Crippen LogP contribution >= 0.6 is 27.5 Å². The van der Waals surface area contributed by atoms with Crippen molar-refractivity contribution in [3.05, 3.63) is 129 Å². The molecule has 5 nitrogen and oxygen atoms in total. The highest BCUT2D eigenvalue weighted by atomic mass is 79.9. The first-order chi connectivity index (χ1) is 18.4. The molecule has 4 aromatic carbocycles. The van der Waals surface area contributed by atoms with Crippen LogP contribution in [-0.4, -0.2) is 5.91 Å². The number of amides is 1. The van der Waals surface area contributed by atoms with Crippen LogP contribution in [0.1, 0.15) is 16.7 Å². The second-order valence-corrected chi connectivity index (χ2v) is 9.39. The third-order valence-corrected chi connectivity index (χ3v) is 6.39. The second-order valence-electron chi connectivity index (χ2n) is 8.13. The third kappa shape index (κ3) is 7.45. The number of anilines is 1. The summed E-state index contributed by atoms with van der Waals surface area (Å²) in [5, 5.41) is 12.9. The number of hydrogen-bond donors (Lipinski definition) is 1.